The van der Waals surface area contributed by atoms with Crippen LogP contribution in [0.25, 0.3) is 0 Å². The smallest absolute Gasteiger partial charge is 0.372 e. The van der Waals surface area contributed by atoms with Gasteiger partial charge >= 0.3 is 5.97 Å². The van der Waals surface area contributed by atoms with Gasteiger partial charge in [-0.25, -0.2) is 4.79 Å². The maximum atomic E-state index is 10.6. The summed E-state index contributed by atoms with van der Waals surface area (Å²) >= 11 is 3.27. The van der Waals surface area contributed by atoms with Crippen molar-refractivity contribution in [1.82, 2.24) is 0 Å². The van der Waals surface area contributed by atoms with E-state index in [2.05, 4.69) is 15.9 Å². The Bertz CT molecular complexity index is 314. The number of carboxylic acids is 1. The minimum absolute atomic E-state index is 0.0266. The summed E-state index contributed by atoms with van der Waals surface area (Å²) in [5.74, 6) is -0.309. The van der Waals surface area contributed by atoms with Gasteiger partial charge in [-0.2, -0.15) is 0 Å². The third-order valence-corrected chi connectivity index (χ3v) is 2.69. The van der Waals surface area contributed by atoms with E-state index in [1.54, 1.807) is 6.92 Å². The lowest BCUT2D eigenvalue weighted by Crippen LogP contribution is -1.95. The standard InChI is InChI=1S/C8H9BrO3/c1-3-5-6(9)4(2)7(12-5)8(10)11/h3H2,1-2H3,(H,10,11). The van der Waals surface area contributed by atoms with E-state index in [0.29, 0.717) is 17.7 Å². The Morgan fingerprint density at radius 2 is 2.25 bits per heavy atom. The molecule has 1 rings (SSSR count). The van der Waals surface area contributed by atoms with Gasteiger partial charge in [-0.05, 0) is 22.9 Å². The summed E-state index contributed by atoms with van der Waals surface area (Å²) in [6.07, 6.45) is 0.689. The maximum absolute atomic E-state index is 10.6. The van der Waals surface area contributed by atoms with Gasteiger partial charge in [0.15, 0.2) is 0 Å². The number of carbonyl (C=O) groups is 1. The normalized spacial score (nSPS) is 10.2. The van der Waals surface area contributed by atoms with Crippen LogP contribution in [0.4, 0.5) is 0 Å². The Balaban J connectivity index is 3.25. The molecular weight excluding hydrogens is 224 g/mol. The van der Waals surface area contributed by atoms with Gasteiger partial charge < -0.3 is 9.52 Å². The number of furan rings is 1. The highest BCUT2D eigenvalue weighted by Gasteiger charge is 2.18. The predicted octanol–water partition coefficient (Wildman–Crippen LogP) is 2.61. The molecular formula is C8H9BrO3. The van der Waals surface area contributed by atoms with E-state index in [1.165, 1.54) is 0 Å². The summed E-state index contributed by atoms with van der Waals surface area (Å²) in [5.41, 5.74) is 0.652. The van der Waals surface area contributed by atoms with Crippen molar-refractivity contribution in [2.45, 2.75) is 20.3 Å². The van der Waals surface area contributed by atoms with Gasteiger partial charge in [-0.1, -0.05) is 6.92 Å². The summed E-state index contributed by atoms with van der Waals surface area (Å²) in [5, 5.41) is 8.68. The summed E-state index contributed by atoms with van der Waals surface area (Å²) in [7, 11) is 0. The summed E-state index contributed by atoms with van der Waals surface area (Å²) in [4.78, 5) is 10.6. The van der Waals surface area contributed by atoms with Crippen molar-refractivity contribution in [2.24, 2.45) is 0 Å². The van der Waals surface area contributed by atoms with Crippen LogP contribution in [0.2, 0.25) is 0 Å². The van der Waals surface area contributed by atoms with Crippen LogP contribution in [-0.2, 0) is 6.42 Å². The molecule has 66 valence electrons. The summed E-state index contributed by atoms with van der Waals surface area (Å²) < 4.78 is 5.88. The quantitative estimate of drug-likeness (QED) is 0.853. The molecule has 0 aliphatic carbocycles. The van der Waals surface area contributed by atoms with Crippen LogP contribution in [0.15, 0.2) is 8.89 Å². The Kier molecular flexibility index (Phi) is 2.57. The second-order valence-electron chi connectivity index (χ2n) is 2.45. The van der Waals surface area contributed by atoms with Gasteiger partial charge in [0, 0.05) is 12.0 Å². The maximum Gasteiger partial charge on any atom is 0.372 e. The van der Waals surface area contributed by atoms with Crippen LogP contribution < -0.4 is 0 Å². The molecule has 4 heteroatoms. The molecule has 3 nitrogen and oxygen atoms in total. The Labute approximate surface area is 78.5 Å². The lowest BCUT2D eigenvalue weighted by Gasteiger charge is -1.87. The SMILES string of the molecule is CCc1oc(C(=O)O)c(C)c1Br. The molecule has 0 atom stereocenters. The predicted molar refractivity (Wildman–Crippen MR) is 47.5 cm³/mol. The van der Waals surface area contributed by atoms with E-state index in [0.717, 1.165) is 4.47 Å². The first-order chi connectivity index (χ1) is 5.57. The number of rotatable bonds is 2. The molecule has 12 heavy (non-hydrogen) atoms. The molecule has 0 aliphatic heterocycles. The molecule has 0 fully saturated rings. The molecule has 0 radical (unpaired) electrons. The van der Waals surface area contributed by atoms with Crippen LogP contribution >= 0.6 is 15.9 Å². The number of aromatic carboxylic acids is 1. The van der Waals surface area contributed by atoms with Crippen LogP contribution in [0, 0.1) is 6.92 Å². The van der Waals surface area contributed by atoms with Crippen LogP contribution in [0.1, 0.15) is 28.8 Å². The zero-order chi connectivity index (χ0) is 9.30. The van der Waals surface area contributed by atoms with E-state index in [-0.39, 0.29) is 5.76 Å². The highest BCUT2D eigenvalue weighted by Crippen LogP contribution is 2.27. The van der Waals surface area contributed by atoms with E-state index >= 15 is 0 Å². The first-order valence-corrected chi connectivity index (χ1v) is 4.38. The molecule has 0 saturated carbocycles. The van der Waals surface area contributed by atoms with Gasteiger partial charge in [0.05, 0.1) is 4.47 Å². The zero-order valence-corrected chi connectivity index (χ0v) is 8.43. The highest BCUT2D eigenvalue weighted by molar-refractivity contribution is 9.10. The van der Waals surface area contributed by atoms with E-state index in [1.807, 2.05) is 6.92 Å². The third-order valence-electron chi connectivity index (χ3n) is 1.66. The second-order valence-corrected chi connectivity index (χ2v) is 3.25. The summed E-state index contributed by atoms with van der Waals surface area (Å²) in [6.45, 7) is 3.63. The van der Waals surface area contributed by atoms with Gasteiger partial charge in [-0.15, -0.1) is 0 Å². The third kappa shape index (κ3) is 1.39. The van der Waals surface area contributed by atoms with Crippen LogP contribution in [0.5, 0.6) is 0 Å². The minimum atomic E-state index is -1.02. The lowest BCUT2D eigenvalue weighted by molar-refractivity contribution is 0.0659. The average Bonchev–Trinajstić information content (AvgIpc) is 2.30. The Hall–Kier alpha value is -0.770. The molecule has 0 aromatic carbocycles. The molecule has 1 heterocycles. The number of aryl methyl sites for hydroxylation is 1. The van der Waals surface area contributed by atoms with Crippen molar-refractivity contribution >= 4 is 21.9 Å². The van der Waals surface area contributed by atoms with E-state index in [9.17, 15) is 4.79 Å². The van der Waals surface area contributed by atoms with Gasteiger partial charge in [-0.3, -0.25) is 0 Å². The van der Waals surface area contributed by atoms with Crippen molar-refractivity contribution in [2.75, 3.05) is 0 Å². The molecule has 0 aliphatic rings. The first kappa shape index (κ1) is 9.32. The topological polar surface area (TPSA) is 50.4 Å². The fourth-order valence-corrected chi connectivity index (χ4v) is 1.53. The Morgan fingerprint density at radius 3 is 2.50 bits per heavy atom. The molecule has 1 aromatic heterocycles. The molecule has 0 spiro atoms. The number of carboxylic acid groups (broad SMARTS) is 1. The second kappa shape index (κ2) is 3.31. The molecule has 0 unspecified atom stereocenters. The summed E-state index contributed by atoms with van der Waals surface area (Å²) in [6, 6.07) is 0. The van der Waals surface area contributed by atoms with Gasteiger partial charge in [0.2, 0.25) is 5.76 Å². The molecule has 0 bridgehead atoms. The van der Waals surface area contributed by atoms with E-state index < -0.39 is 5.97 Å². The molecule has 1 aromatic rings. The van der Waals surface area contributed by atoms with Crippen LogP contribution in [-0.4, -0.2) is 11.1 Å². The van der Waals surface area contributed by atoms with Crippen LogP contribution in [0.3, 0.4) is 0 Å². The fraction of sp³-hybridized carbons (Fsp3) is 0.375. The van der Waals surface area contributed by atoms with Crippen molar-refractivity contribution in [1.29, 1.82) is 0 Å². The lowest BCUT2D eigenvalue weighted by atomic mass is 10.2. The highest BCUT2D eigenvalue weighted by atomic mass is 79.9. The first-order valence-electron chi connectivity index (χ1n) is 3.59. The Morgan fingerprint density at radius 1 is 1.67 bits per heavy atom. The number of hydrogen-bond acceptors (Lipinski definition) is 2. The number of hydrogen-bond donors (Lipinski definition) is 1. The molecule has 0 saturated heterocycles. The van der Waals surface area contributed by atoms with Crippen molar-refractivity contribution in [3.63, 3.8) is 0 Å². The van der Waals surface area contributed by atoms with E-state index in [4.69, 9.17) is 9.52 Å². The van der Waals surface area contributed by atoms with Crippen molar-refractivity contribution in [3.8, 4) is 0 Å². The molecule has 0 amide bonds. The fourth-order valence-electron chi connectivity index (χ4n) is 0.985. The van der Waals surface area contributed by atoms with Crippen molar-refractivity contribution in [3.05, 3.63) is 21.6 Å². The zero-order valence-electron chi connectivity index (χ0n) is 6.85. The van der Waals surface area contributed by atoms with Crippen molar-refractivity contribution < 1.29 is 14.3 Å². The molecule has 1 N–H and O–H groups in total. The van der Waals surface area contributed by atoms with Gasteiger partial charge in [0.25, 0.3) is 0 Å². The monoisotopic (exact) mass is 232 g/mol. The van der Waals surface area contributed by atoms with Gasteiger partial charge in [0.1, 0.15) is 5.76 Å². The number of halogens is 1. The minimum Gasteiger partial charge on any atom is -0.475 e. The largest absolute Gasteiger partial charge is 0.475 e. The average molecular weight is 233 g/mol.